The second-order valence-corrected chi connectivity index (χ2v) is 4.69. The zero-order valence-corrected chi connectivity index (χ0v) is 10.3. The number of methoxy groups -OCH3 is 1. The number of hydrogen-bond donors (Lipinski definition) is 1. The van der Waals surface area contributed by atoms with Crippen LogP contribution in [0.4, 0.5) is 5.69 Å². The minimum atomic E-state index is 0.350. The smallest absolute Gasteiger partial charge is 0.147 e. The van der Waals surface area contributed by atoms with Crippen LogP contribution in [0.1, 0.15) is 29.2 Å². The van der Waals surface area contributed by atoms with Crippen molar-refractivity contribution >= 4 is 5.69 Å². The first-order chi connectivity index (χ1) is 8.79. The van der Waals surface area contributed by atoms with Crippen LogP contribution in [0.25, 0.3) is 0 Å². The summed E-state index contributed by atoms with van der Waals surface area (Å²) in [5.41, 5.74) is 10.1. The van der Waals surface area contributed by atoms with Crippen molar-refractivity contribution in [3.63, 3.8) is 0 Å². The second-order valence-electron chi connectivity index (χ2n) is 4.69. The molecular weight excluding hydrogens is 228 g/mol. The highest BCUT2D eigenvalue weighted by Crippen LogP contribution is 2.37. The third-order valence-electron chi connectivity index (χ3n) is 3.67. The van der Waals surface area contributed by atoms with Gasteiger partial charge in [0.15, 0.2) is 0 Å². The average molecular weight is 244 g/mol. The molecule has 4 nitrogen and oxygen atoms in total. The lowest BCUT2D eigenvalue weighted by Gasteiger charge is -2.24. The van der Waals surface area contributed by atoms with Crippen LogP contribution >= 0.6 is 0 Å². The van der Waals surface area contributed by atoms with Gasteiger partial charge in [-0.25, -0.2) is 0 Å². The molecule has 94 valence electrons. The first-order valence-electron chi connectivity index (χ1n) is 6.14. The van der Waals surface area contributed by atoms with Gasteiger partial charge in [0, 0.05) is 5.92 Å². The maximum atomic E-state index is 5.87. The van der Waals surface area contributed by atoms with Gasteiger partial charge in [0.25, 0.3) is 0 Å². The van der Waals surface area contributed by atoms with Gasteiger partial charge < -0.3 is 15.0 Å². The molecule has 0 aliphatic heterocycles. The second kappa shape index (κ2) is 4.37. The normalized spacial score (nSPS) is 18.4. The fraction of sp³-hybridized carbons (Fsp3) is 0.357. The van der Waals surface area contributed by atoms with E-state index in [1.807, 2.05) is 12.1 Å². The van der Waals surface area contributed by atoms with Crippen molar-refractivity contribution in [2.24, 2.45) is 0 Å². The Labute approximate surface area is 106 Å². The molecule has 0 spiro atoms. The Bertz CT molecular complexity index is 563. The van der Waals surface area contributed by atoms with E-state index >= 15 is 0 Å². The standard InChI is InChI=1S/C14H16N2O2/c1-17-13-4-2-3-9-7-10(5-6-11(9)13)14-12(15)8-18-16-14/h2-4,8,10H,5-7,15H2,1H3. The van der Waals surface area contributed by atoms with Gasteiger partial charge in [0.2, 0.25) is 0 Å². The maximum absolute atomic E-state index is 5.87. The number of ether oxygens (including phenoxy) is 1. The van der Waals surface area contributed by atoms with Crippen molar-refractivity contribution in [1.82, 2.24) is 5.16 Å². The van der Waals surface area contributed by atoms with Crippen molar-refractivity contribution in [1.29, 1.82) is 0 Å². The Morgan fingerprint density at radius 1 is 1.44 bits per heavy atom. The van der Waals surface area contributed by atoms with Gasteiger partial charge in [0.1, 0.15) is 17.7 Å². The molecule has 1 aromatic carbocycles. The SMILES string of the molecule is COc1cccc2c1CCC(c1nocc1N)C2. The minimum Gasteiger partial charge on any atom is -0.496 e. The van der Waals surface area contributed by atoms with Gasteiger partial charge in [-0.05, 0) is 36.5 Å². The van der Waals surface area contributed by atoms with Crippen molar-refractivity contribution in [3.05, 3.63) is 41.3 Å². The number of nitrogens with two attached hydrogens (primary N) is 1. The van der Waals surface area contributed by atoms with Gasteiger partial charge in [0.05, 0.1) is 12.8 Å². The first kappa shape index (κ1) is 11.1. The number of rotatable bonds is 2. The Morgan fingerprint density at radius 2 is 2.33 bits per heavy atom. The van der Waals surface area contributed by atoms with Gasteiger partial charge >= 0.3 is 0 Å². The van der Waals surface area contributed by atoms with Gasteiger partial charge in [-0.3, -0.25) is 0 Å². The topological polar surface area (TPSA) is 61.3 Å². The first-order valence-corrected chi connectivity index (χ1v) is 6.14. The molecule has 1 aromatic heterocycles. The zero-order valence-electron chi connectivity index (χ0n) is 10.3. The van der Waals surface area contributed by atoms with Crippen molar-refractivity contribution in [2.45, 2.75) is 25.2 Å². The van der Waals surface area contributed by atoms with Crippen LogP contribution in [0, 0.1) is 0 Å². The predicted molar refractivity (Wildman–Crippen MR) is 68.7 cm³/mol. The summed E-state index contributed by atoms with van der Waals surface area (Å²) in [7, 11) is 1.72. The van der Waals surface area contributed by atoms with E-state index < -0.39 is 0 Å². The Hall–Kier alpha value is -1.97. The van der Waals surface area contributed by atoms with Gasteiger partial charge in [-0.2, -0.15) is 0 Å². The lowest BCUT2D eigenvalue weighted by atomic mass is 9.81. The van der Waals surface area contributed by atoms with Crippen LogP contribution in [0.2, 0.25) is 0 Å². The summed E-state index contributed by atoms with van der Waals surface area (Å²) < 4.78 is 10.3. The van der Waals surface area contributed by atoms with E-state index in [9.17, 15) is 0 Å². The molecule has 0 amide bonds. The average Bonchev–Trinajstić information content (AvgIpc) is 2.83. The maximum Gasteiger partial charge on any atom is 0.147 e. The highest BCUT2D eigenvalue weighted by molar-refractivity contribution is 5.46. The Balaban J connectivity index is 1.92. The van der Waals surface area contributed by atoms with E-state index in [4.69, 9.17) is 15.0 Å². The Morgan fingerprint density at radius 3 is 3.06 bits per heavy atom. The molecule has 0 radical (unpaired) electrons. The number of hydrogen-bond acceptors (Lipinski definition) is 4. The number of benzene rings is 1. The molecular formula is C14H16N2O2. The monoisotopic (exact) mass is 244 g/mol. The van der Waals surface area contributed by atoms with Crippen LogP contribution < -0.4 is 10.5 Å². The summed E-state index contributed by atoms with van der Waals surface area (Å²) in [4.78, 5) is 0. The lowest BCUT2D eigenvalue weighted by Crippen LogP contribution is -2.15. The summed E-state index contributed by atoms with van der Waals surface area (Å²) in [6, 6.07) is 6.20. The number of anilines is 1. The molecule has 3 rings (SSSR count). The quantitative estimate of drug-likeness (QED) is 0.881. The summed E-state index contributed by atoms with van der Waals surface area (Å²) in [6.07, 6.45) is 4.49. The molecule has 2 aromatic rings. The molecule has 1 aliphatic rings. The number of fused-ring (bicyclic) bond motifs is 1. The van der Waals surface area contributed by atoms with E-state index in [0.717, 1.165) is 30.7 Å². The molecule has 1 atom stereocenters. The third-order valence-corrected chi connectivity index (χ3v) is 3.67. The summed E-state index contributed by atoms with van der Waals surface area (Å²) in [5.74, 6) is 1.34. The molecule has 4 heteroatoms. The predicted octanol–water partition coefficient (Wildman–Crippen LogP) is 2.54. The lowest BCUT2D eigenvalue weighted by molar-refractivity contribution is 0.392. The van der Waals surface area contributed by atoms with Gasteiger partial charge in [-0.1, -0.05) is 17.3 Å². The molecule has 1 unspecified atom stereocenters. The molecule has 1 aliphatic carbocycles. The van der Waals surface area contributed by atoms with Crippen LogP contribution in [0.5, 0.6) is 5.75 Å². The highest BCUT2D eigenvalue weighted by Gasteiger charge is 2.25. The van der Waals surface area contributed by atoms with Crippen molar-refractivity contribution in [2.75, 3.05) is 12.8 Å². The van der Waals surface area contributed by atoms with Crippen molar-refractivity contribution < 1.29 is 9.26 Å². The van der Waals surface area contributed by atoms with Gasteiger partial charge in [-0.15, -0.1) is 0 Å². The van der Waals surface area contributed by atoms with Crippen molar-refractivity contribution in [3.8, 4) is 5.75 Å². The summed E-state index contributed by atoms with van der Waals surface area (Å²) >= 11 is 0. The summed E-state index contributed by atoms with van der Waals surface area (Å²) in [6.45, 7) is 0. The molecule has 1 heterocycles. The fourth-order valence-electron chi connectivity index (χ4n) is 2.76. The van der Waals surface area contributed by atoms with Crippen LogP contribution in [0.3, 0.4) is 0 Å². The Kier molecular flexibility index (Phi) is 2.70. The van der Waals surface area contributed by atoms with E-state index in [2.05, 4.69) is 11.2 Å². The largest absolute Gasteiger partial charge is 0.496 e. The molecule has 0 bridgehead atoms. The molecule has 0 saturated heterocycles. The zero-order chi connectivity index (χ0) is 12.5. The van der Waals surface area contributed by atoms with E-state index in [0.29, 0.717) is 11.6 Å². The minimum absolute atomic E-state index is 0.350. The fourth-order valence-corrected chi connectivity index (χ4v) is 2.76. The van der Waals surface area contributed by atoms with E-state index in [1.54, 1.807) is 7.11 Å². The summed E-state index contributed by atoms with van der Waals surface area (Å²) in [5, 5.41) is 4.02. The molecule has 18 heavy (non-hydrogen) atoms. The third kappa shape index (κ3) is 1.74. The number of nitrogens with zero attached hydrogens (tertiary/aromatic N) is 1. The van der Waals surface area contributed by atoms with Crippen LogP contribution in [0.15, 0.2) is 29.0 Å². The van der Waals surface area contributed by atoms with E-state index in [1.165, 1.54) is 17.4 Å². The molecule has 2 N–H and O–H groups in total. The highest BCUT2D eigenvalue weighted by atomic mass is 16.5. The van der Waals surface area contributed by atoms with Crippen LogP contribution in [-0.4, -0.2) is 12.3 Å². The van der Waals surface area contributed by atoms with Crippen LogP contribution in [-0.2, 0) is 12.8 Å². The number of nitrogen functional groups attached to an aromatic ring is 1. The van der Waals surface area contributed by atoms with E-state index in [-0.39, 0.29) is 0 Å². The molecule has 0 fully saturated rings. The number of aromatic nitrogens is 1. The molecule has 0 saturated carbocycles.